The molecule has 0 radical (unpaired) electrons. The highest BCUT2D eigenvalue weighted by atomic mass is 32.2. The zero-order valence-electron chi connectivity index (χ0n) is 14.6. The molecule has 0 aliphatic carbocycles. The van der Waals surface area contributed by atoms with Crippen molar-refractivity contribution in [1.82, 2.24) is 10.3 Å². The number of anilines is 1. The molecule has 1 atom stereocenters. The monoisotopic (exact) mass is 457 g/mol. The molecule has 2 aromatic rings. The number of sulfone groups is 1. The van der Waals surface area contributed by atoms with Gasteiger partial charge < -0.3 is 16.2 Å². The van der Waals surface area contributed by atoms with Crippen LogP contribution in [0.15, 0.2) is 46.3 Å². The summed E-state index contributed by atoms with van der Waals surface area (Å²) in [6.45, 7) is -1.19. The summed E-state index contributed by atoms with van der Waals surface area (Å²) >= 11 is 0. The minimum Gasteiger partial charge on any atom is -0.397 e. The number of nitrogens with two attached hydrogens (primary N) is 1. The van der Waals surface area contributed by atoms with E-state index in [9.17, 15) is 39.6 Å². The van der Waals surface area contributed by atoms with Crippen LogP contribution in [0.25, 0.3) is 0 Å². The van der Waals surface area contributed by atoms with Crippen molar-refractivity contribution < 1.29 is 44.7 Å². The van der Waals surface area contributed by atoms with Crippen LogP contribution >= 0.6 is 0 Å². The lowest BCUT2D eigenvalue weighted by Gasteiger charge is -2.15. The van der Waals surface area contributed by atoms with Crippen LogP contribution in [-0.2, 0) is 16.0 Å². The number of carbonyl (C=O) groups is 1. The molecule has 0 spiro atoms. The Labute approximate surface area is 165 Å². The maximum absolute atomic E-state index is 12.6. The van der Waals surface area contributed by atoms with Crippen LogP contribution in [-0.4, -0.2) is 43.2 Å². The van der Waals surface area contributed by atoms with Gasteiger partial charge in [0.2, 0.25) is 9.84 Å². The molecule has 7 nitrogen and oxygen atoms in total. The van der Waals surface area contributed by atoms with E-state index in [0.717, 1.165) is 18.2 Å². The fraction of sp³-hybridized carbons (Fsp3) is 0.250. The van der Waals surface area contributed by atoms with Gasteiger partial charge >= 0.3 is 12.4 Å². The summed E-state index contributed by atoms with van der Waals surface area (Å²) in [5.41, 5.74) is 3.37. The third-order valence-electron chi connectivity index (χ3n) is 3.74. The minimum atomic E-state index is -4.97. The van der Waals surface area contributed by atoms with Gasteiger partial charge in [-0.2, -0.15) is 26.3 Å². The van der Waals surface area contributed by atoms with Crippen LogP contribution in [0.3, 0.4) is 0 Å². The lowest BCUT2D eigenvalue weighted by atomic mass is 10.2. The second-order valence-corrected chi connectivity index (χ2v) is 7.85. The molecule has 0 aliphatic rings. The zero-order valence-corrected chi connectivity index (χ0v) is 15.4. The molecular formula is C16H13F6N3O4S. The van der Waals surface area contributed by atoms with E-state index in [-0.39, 0.29) is 0 Å². The van der Waals surface area contributed by atoms with Gasteiger partial charge in [-0.25, -0.2) is 13.4 Å². The number of amides is 1. The number of nitrogens with one attached hydrogen (secondary N) is 1. The summed E-state index contributed by atoms with van der Waals surface area (Å²) in [5.74, 6) is -1.20. The standard InChI is InChI=1S/C16H13F6N3O4S/c17-15(18,19)8-1-3-9(4-2-8)30(28,29)10-5-11(23)13(24-6-10)14(27)25-7-12(26)16(20,21)22/h1-6,12,26H,7,23H2,(H,25,27)/t12-/m0/s1. The number of aromatic nitrogens is 1. The Morgan fingerprint density at radius 2 is 1.67 bits per heavy atom. The van der Waals surface area contributed by atoms with E-state index in [4.69, 9.17) is 10.8 Å². The van der Waals surface area contributed by atoms with Crippen LogP contribution in [0.4, 0.5) is 32.0 Å². The Morgan fingerprint density at radius 3 is 2.13 bits per heavy atom. The molecule has 1 heterocycles. The van der Waals surface area contributed by atoms with Gasteiger partial charge in [-0.05, 0) is 30.3 Å². The molecule has 0 aliphatic heterocycles. The number of nitrogens with zero attached hydrogens (tertiary/aromatic N) is 1. The highest BCUT2D eigenvalue weighted by molar-refractivity contribution is 7.91. The van der Waals surface area contributed by atoms with Crippen LogP contribution in [0.1, 0.15) is 16.1 Å². The van der Waals surface area contributed by atoms with Gasteiger partial charge in [0.1, 0.15) is 0 Å². The third kappa shape index (κ3) is 5.18. The van der Waals surface area contributed by atoms with Crippen molar-refractivity contribution in [2.75, 3.05) is 12.3 Å². The number of aliphatic hydroxyl groups excluding tert-OH is 1. The minimum absolute atomic E-state index is 0.498. The first-order valence-corrected chi connectivity index (χ1v) is 9.33. The number of rotatable bonds is 5. The molecule has 0 saturated heterocycles. The number of pyridine rings is 1. The van der Waals surface area contributed by atoms with Crippen LogP contribution in [0, 0.1) is 0 Å². The fourth-order valence-electron chi connectivity index (χ4n) is 2.15. The van der Waals surface area contributed by atoms with Crippen molar-refractivity contribution >= 4 is 21.4 Å². The lowest BCUT2D eigenvalue weighted by molar-refractivity contribution is -0.201. The Bertz CT molecular complexity index is 1040. The number of hydrogen-bond acceptors (Lipinski definition) is 6. The predicted molar refractivity (Wildman–Crippen MR) is 89.9 cm³/mol. The van der Waals surface area contributed by atoms with Crippen molar-refractivity contribution in [1.29, 1.82) is 0 Å². The summed E-state index contributed by atoms with van der Waals surface area (Å²) in [5, 5.41) is 10.6. The maximum atomic E-state index is 12.6. The first-order valence-electron chi connectivity index (χ1n) is 7.85. The summed E-state index contributed by atoms with van der Waals surface area (Å²) in [6.07, 6.45) is -11.8. The maximum Gasteiger partial charge on any atom is 0.416 e. The summed E-state index contributed by atoms with van der Waals surface area (Å²) in [7, 11) is -4.34. The van der Waals surface area contributed by atoms with Gasteiger partial charge in [0.25, 0.3) is 5.91 Å². The van der Waals surface area contributed by atoms with Crippen molar-refractivity contribution in [3.63, 3.8) is 0 Å². The van der Waals surface area contributed by atoms with Crippen molar-refractivity contribution in [2.24, 2.45) is 0 Å². The molecule has 0 bridgehead atoms. The van der Waals surface area contributed by atoms with Crippen LogP contribution in [0.5, 0.6) is 0 Å². The van der Waals surface area contributed by atoms with Gasteiger partial charge in [0.05, 0.1) is 27.6 Å². The Kier molecular flexibility index (Phi) is 6.32. The van der Waals surface area contributed by atoms with E-state index >= 15 is 0 Å². The SMILES string of the molecule is Nc1cc(S(=O)(=O)c2ccc(C(F)(F)F)cc2)cnc1C(=O)NC[C@H](O)C(F)(F)F. The molecule has 0 fully saturated rings. The van der Waals surface area contributed by atoms with E-state index in [2.05, 4.69) is 4.98 Å². The molecular weight excluding hydrogens is 444 g/mol. The Hall–Kier alpha value is -2.87. The normalized spacial score (nSPS) is 13.7. The summed E-state index contributed by atoms with van der Waals surface area (Å²) in [4.78, 5) is 14.3. The molecule has 1 aromatic carbocycles. The highest BCUT2D eigenvalue weighted by Crippen LogP contribution is 2.31. The van der Waals surface area contributed by atoms with E-state index in [1.807, 2.05) is 0 Å². The average Bonchev–Trinajstić information content (AvgIpc) is 2.64. The van der Waals surface area contributed by atoms with Crippen molar-refractivity contribution in [3.05, 3.63) is 47.8 Å². The number of alkyl halides is 6. The average molecular weight is 457 g/mol. The van der Waals surface area contributed by atoms with E-state index in [1.165, 1.54) is 0 Å². The Morgan fingerprint density at radius 1 is 1.10 bits per heavy atom. The largest absolute Gasteiger partial charge is 0.416 e. The van der Waals surface area contributed by atoms with Gasteiger partial charge in [0, 0.05) is 6.20 Å². The van der Waals surface area contributed by atoms with E-state index in [1.54, 1.807) is 5.32 Å². The van der Waals surface area contributed by atoms with Gasteiger partial charge in [-0.1, -0.05) is 0 Å². The summed E-state index contributed by atoms with van der Waals surface area (Å²) in [6, 6.07) is 3.38. The number of aliphatic hydroxyl groups is 1. The number of halogens is 6. The second-order valence-electron chi connectivity index (χ2n) is 5.90. The third-order valence-corrected chi connectivity index (χ3v) is 5.48. The van der Waals surface area contributed by atoms with Crippen LogP contribution < -0.4 is 11.1 Å². The molecule has 1 amide bonds. The van der Waals surface area contributed by atoms with Gasteiger partial charge in [-0.15, -0.1) is 0 Å². The molecule has 2 rings (SSSR count). The molecule has 164 valence electrons. The molecule has 14 heteroatoms. The lowest BCUT2D eigenvalue weighted by Crippen LogP contribution is -2.41. The molecule has 4 N–H and O–H groups in total. The first-order chi connectivity index (χ1) is 13.6. The van der Waals surface area contributed by atoms with Crippen LogP contribution in [0.2, 0.25) is 0 Å². The van der Waals surface area contributed by atoms with Gasteiger partial charge in [0.15, 0.2) is 11.8 Å². The number of benzene rings is 1. The second kappa shape index (κ2) is 8.10. The predicted octanol–water partition coefficient (Wildman–Crippen LogP) is 2.17. The smallest absolute Gasteiger partial charge is 0.397 e. The number of carbonyl (C=O) groups excluding carboxylic acids is 1. The van der Waals surface area contributed by atoms with E-state index in [0.29, 0.717) is 18.3 Å². The zero-order chi connectivity index (χ0) is 22.9. The molecule has 0 unspecified atom stereocenters. The van der Waals surface area contributed by atoms with Crippen molar-refractivity contribution in [2.45, 2.75) is 28.2 Å². The molecule has 1 aromatic heterocycles. The van der Waals surface area contributed by atoms with Gasteiger partial charge in [-0.3, -0.25) is 4.79 Å². The topological polar surface area (TPSA) is 122 Å². The summed E-state index contributed by atoms with van der Waals surface area (Å²) < 4.78 is 99.6. The van der Waals surface area contributed by atoms with E-state index < -0.39 is 67.5 Å². The van der Waals surface area contributed by atoms with Crippen molar-refractivity contribution in [3.8, 4) is 0 Å². The molecule has 0 saturated carbocycles. The first kappa shape index (κ1) is 23.4. The number of hydrogen-bond donors (Lipinski definition) is 3. The quantitative estimate of drug-likeness (QED) is 0.592. The Balaban J connectivity index is 2.24. The molecule has 30 heavy (non-hydrogen) atoms. The fourth-order valence-corrected chi connectivity index (χ4v) is 3.39. The highest BCUT2D eigenvalue weighted by Gasteiger charge is 2.38. The number of nitrogen functional groups attached to an aromatic ring is 1.